The predicted octanol–water partition coefficient (Wildman–Crippen LogP) is 1.23. The summed E-state index contributed by atoms with van der Waals surface area (Å²) in [4.78, 5) is 3.86. The average Bonchev–Trinajstić information content (AvgIpc) is 2.16. The lowest BCUT2D eigenvalue weighted by Gasteiger charge is -2.10. The normalized spacial score (nSPS) is 12.5. The Morgan fingerprint density at radius 3 is 3.08 bits per heavy atom. The van der Waals surface area contributed by atoms with E-state index in [0.717, 1.165) is 0 Å². The minimum Gasteiger partial charge on any atom is -0.367 e. The van der Waals surface area contributed by atoms with Crippen LogP contribution in [0.2, 0.25) is 0 Å². The third-order valence-corrected chi connectivity index (χ3v) is 1.78. The predicted molar refractivity (Wildman–Crippen MR) is 50.9 cm³/mol. The summed E-state index contributed by atoms with van der Waals surface area (Å²) in [5, 5.41) is 2.90. The molecule has 0 aliphatic heterocycles. The Labute approximate surface area is 77.2 Å². The van der Waals surface area contributed by atoms with Crippen LogP contribution >= 0.6 is 0 Å². The molecule has 0 amide bonds. The maximum atomic E-state index is 13.0. The number of pyridine rings is 1. The summed E-state index contributed by atoms with van der Waals surface area (Å²) >= 11 is 0. The molecule has 1 aromatic rings. The van der Waals surface area contributed by atoms with Gasteiger partial charge in [0, 0.05) is 12.7 Å². The van der Waals surface area contributed by atoms with Crippen LogP contribution in [-0.4, -0.2) is 18.1 Å². The first-order valence-electron chi connectivity index (χ1n) is 4.28. The van der Waals surface area contributed by atoms with Crippen LogP contribution in [0.25, 0.3) is 0 Å². The van der Waals surface area contributed by atoms with Crippen molar-refractivity contribution in [1.29, 1.82) is 0 Å². The Balaban J connectivity index is 2.50. The summed E-state index contributed by atoms with van der Waals surface area (Å²) < 4.78 is 13.0. The van der Waals surface area contributed by atoms with Gasteiger partial charge in [-0.1, -0.05) is 6.92 Å². The summed E-state index contributed by atoms with van der Waals surface area (Å²) in [5.41, 5.74) is 5.42. The zero-order chi connectivity index (χ0) is 9.68. The van der Waals surface area contributed by atoms with E-state index in [-0.39, 0.29) is 5.82 Å². The number of nitrogens with two attached hydrogens (primary N) is 1. The van der Waals surface area contributed by atoms with Gasteiger partial charge >= 0.3 is 0 Å². The van der Waals surface area contributed by atoms with Gasteiger partial charge in [-0.15, -0.1) is 0 Å². The molecule has 3 nitrogen and oxygen atoms in total. The fraction of sp³-hybridized carbons (Fsp3) is 0.444. The number of anilines is 1. The van der Waals surface area contributed by atoms with E-state index in [0.29, 0.717) is 24.8 Å². The molecular weight excluding hydrogens is 169 g/mol. The molecule has 1 atom stereocenters. The zero-order valence-corrected chi connectivity index (χ0v) is 7.63. The molecule has 0 radical (unpaired) electrons. The van der Waals surface area contributed by atoms with Crippen LogP contribution in [-0.2, 0) is 0 Å². The number of hydrogen-bond donors (Lipinski definition) is 2. The molecule has 1 aromatic heterocycles. The van der Waals surface area contributed by atoms with E-state index in [9.17, 15) is 4.39 Å². The molecular formula is C9H14FN3. The number of hydrogen-bond acceptors (Lipinski definition) is 3. The lowest BCUT2D eigenvalue weighted by Crippen LogP contribution is -2.20. The molecule has 0 saturated carbocycles. The minimum atomic E-state index is -0.327. The van der Waals surface area contributed by atoms with Crippen LogP contribution in [0.1, 0.15) is 6.92 Å². The second-order valence-electron chi connectivity index (χ2n) is 3.06. The second-order valence-corrected chi connectivity index (χ2v) is 3.06. The Morgan fingerprint density at radius 2 is 2.46 bits per heavy atom. The number of halogens is 1. The van der Waals surface area contributed by atoms with Crippen molar-refractivity contribution < 1.29 is 4.39 Å². The van der Waals surface area contributed by atoms with E-state index in [1.54, 1.807) is 12.3 Å². The van der Waals surface area contributed by atoms with Gasteiger partial charge in [-0.2, -0.15) is 0 Å². The fourth-order valence-electron chi connectivity index (χ4n) is 0.870. The first-order valence-corrected chi connectivity index (χ1v) is 4.28. The van der Waals surface area contributed by atoms with Gasteiger partial charge in [-0.3, -0.25) is 0 Å². The van der Waals surface area contributed by atoms with Crippen LogP contribution in [0.4, 0.5) is 10.2 Å². The van der Waals surface area contributed by atoms with E-state index < -0.39 is 0 Å². The highest BCUT2D eigenvalue weighted by Crippen LogP contribution is 2.08. The number of rotatable bonds is 4. The SMILES string of the molecule is CC(CN)CNc1ncccc1F. The van der Waals surface area contributed by atoms with Crippen molar-refractivity contribution in [3.8, 4) is 0 Å². The second kappa shape index (κ2) is 4.77. The summed E-state index contributed by atoms with van der Waals surface area (Å²) in [5.74, 6) is 0.288. The van der Waals surface area contributed by atoms with Crippen molar-refractivity contribution in [3.63, 3.8) is 0 Å². The lowest BCUT2D eigenvalue weighted by molar-refractivity contribution is 0.604. The molecule has 0 aliphatic rings. The molecule has 72 valence electrons. The third kappa shape index (κ3) is 2.99. The number of aromatic nitrogens is 1. The average molecular weight is 183 g/mol. The summed E-state index contributed by atoms with van der Waals surface area (Å²) in [6, 6.07) is 2.94. The van der Waals surface area contributed by atoms with Gasteiger partial charge in [-0.05, 0) is 24.6 Å². The quantitative estimate of drug-likeness (QED) is 0.738. The van der Waals surface area contributed by atoms with Crippen molar-refractivity contribution in [2.45, 2.75) is 6.92 Å². The Kier molecular flexibility index (Phi) is 3.64. The van der Waals surface area contributed by atoms with Crippen LogP contribution in [0, 0.1) is 11.7 Å². The highest BCUT2D eigenvalue weighted by atomic mass is 19.1. The van der Waals surface area contributed by atoms with Gasteiger partial charge in [0.2, 0.25) is 0 Å². The number of nitrogens with one attached hydrogen (secondary N) is 1. The van der Waals surface area contributed by atoms with E-state index in [4.69, 9.17) is 5.73 Å². The van der Waals surface area contributed by atoms with Crippen molar-refractivity contribution in [2.75, 3.05) is 18.4 Å². The fourth-order valence-corrected chi connectivity index (χ4v) is 0.870. The Hall–Kier alpha value is -1.16. The molecule has 0 bridgehead atoms. The monoisotopic (exact) mass is 183 g/mol. The van der Waals surface area contributed by atoms with Crippen LogP contribution in [0.5, 0.6) is 0 Å². The molecule has 1 rings (SSSR count). The molecule has 1 unspecified atom stereocenters. The van der Waals surface area contributed by atoms with Gasteiger partial charge in [0.1, 0.15) is 0 Å². The van der Waals surface area contributed by atoms with Gasteiger partial charge in [-0.25, -0.2) is 9.37 Å². The summed E-state index contributed by atoms with van der Waals surface area (Å²) in [7, 11) is 0. The molecule has 0 spiro atoms. The molecule has 3 N–H and O–H groups in total. The molecule has 13 heavy (non-hydrogen) atoms. The van der Waals surface area contributed by atoms with Crippen molar-refractivity contribution in [3.05, 3.63) is 24.1 Å². The topological polar surface area (TPSA) is 50.9 Å². The van der Waals surface area contributed by atoms with Crippen LogP contribution in [0.15, 0.2) is 18.3 Å². The molecule has 0 fully saturated rings. The van der Waals surface area contributed by atoms with E-state index in [1.165, 1.54) is 6.07 Å². The molecule has 4 heteroatoms. The molecule has 0 saturated heterocycles. The largest absolute Gasteiger partial charge is 0.367 e. The lowest BCUT2D eigenvalue weighted by atomic mass is 10.2. The Morgan fingerprint density at radius 1 is 1.69 bits per heavy atom. The van der Waals surface area contributed by atoms with Gasteiger partial charge in [0.15, 0.2) is 11.6 Å². The highest BCUT2D eigenvalue weighted by Gasteiger charge is 2.03. The van der Waals surface area contributed by atoms with E-state index in [2.05, 4.69) is 10.3 Å². The van der Waals surface area contributed by atoms with Crippen LogP contribution in [0.3, 0.4) is 0 Å². The van der Waals surface area contributed by atoms with Crippen LogP contribution < -0.4 is 11.1 Å². The molecule has 1 heterocycles. The highest BCUT2D eigenvalue weighted by molar-refractivity contribution is 5.35. The third-order valence-electron chi connectivity index (χ3n) is 1.78. The molecule has 0 aromatic carbocycles. The van der Waals surface area contributed by atoms with Gasteiger partial charge in [0.05, 0.1) is 0 Å². The first kappa shape index (κ1) is 9.92. The first-order chi connectivity index (χ1) is 6.24. The Bertz CT molecular complexity index is 265. The maximum Gasteiger partial charge on any atom is 0.165 e. The minimum absolute atomic E-state index is 0.294. The number of nitrogens with zero attached hydrogens (tertiary/aromatic N) is 1. The summed E-state index contributed by atoms with van der Waals surface area (Å²) in [6.07, 6.45) is 1.55. The van der Waals surface area contributed by atoms with E-state index in [1.807, 2.05) is 6.92 Å². The van der Waals surface area contributed by atoms with Crippen molar-refractivity contribution in [1.82, 2.24) is 4.98 Å². The summed E-state index contributed by atoms with van der Waals surface area (Å²) in [6.45, 7) is 3.22. The van der Waals surface area contributed by atoms with Crippen molar-refractivity contribution in [2.24, 2.45) is 11.7 Å². The standard InChI is InChI=1S/C9H14FN3/c1-7(5-11)6-13-9-8(10)3-2-4-12-9/h2-4,7H,5-6,11H2,1H3,(H,12,13). The van der Waals surface area contributed by atoms with Crippen molar-refractivity contribution >= 4 is 5.82 Å². The van der Waals surface area contributed by atoms with E-state index >= 15 is 0 Å². The van der Waals surface area contributed by atoms with Gasteiger partial charge in [0.25, 0.3) is 0 Å². The smallest absolute Gasteiger partial charge is 0.165 e. The van der Waals surface area contributed by atoms with Gasteiger partial charge < -0.3 is 11.1 Å². The maximum absolute atomic E-state index is 13.0. The zero-order valence-electron chi connectivity index (χ0n) is 7.63. The molecule has 0 aliphatic carbocycles.